The fourth-order valence-electron chi connectivity index (χ4n) is 3.33. The fraction of sp³-hybridized carbons (Fsp3) is 0.136. The van der Waals surface area contributed by atoms with Crippen molar-refractivity contribution in [2.75, 3.05) is 5.32 Å². The van der Waals surface area contributed by atoms with E-state index in [9.17, 15) is 10.6 Å². The zero-order chi connectivity index (χ0) is 25.7. The van der Waals surface area contributed by atoms with Gasteiger partial charge in [0, 0.05) is 5.48 Å². The SMILES string of the molecule is [2H]C(C([2H])([2H])[2H])[C@]([2H])(Nc1ncnc2nc[nH]c12)c1nc2cccc(F)c2c(=O)n1-c1ccccc1. The van der Waals surface area contributed by atoms with E-state index in [1.165, 1.54) is 30.6 Å². The molecular weight excluding hydrogens is 397 g/mol. The van der Waals surface area contributed by atoms with Crippen molar-refractivity contribution in [3.63, 3.8) is 0 Å². The molecule has 3 aromatic heterocycles. The van der Waals surface area contributed by atoms with Gasteiger partial charge in [-0.3, -0.25) is 9.36 Å². The average Bonchev–Trinajstić information content (AvgIpc) is 3.33. The first-order valence-electron chi connectivity index (χ1n) is 11.8. The zero-order valence-electron chi connectivity index (χ0n) is 20.9. The number of aromatic amines is 1. The third-order valence-electron chi connectivity index (χ3n) is 4.72. The third kappa shape index (κ3) is 3.20. The van der Waals surface area contributed by atoms with Gasteiger partial charge in [0.2, 0.25) is 0 Å². The summed E-state index contributed by atoms with van der Waals surface area (Å²) in [6, 6.07) is 9.27. The Balaban J connectivity index is 1.87. The molecule has 0 aliphatic rings. The molecule has 0 saturated carbocycles. The lowest BCUT2D eigenvalue weighted by molar-refractivity contribution is 0.630. The summed E-state index contributed by atoms with van der Waals surface area (Å²) in [5.41, 5.74) is -0.246. The highest BCUT2D eigenvalue weighted by Crippen LogP contribution is 2.26. The molecule has 154 valence electrons. The second-order valence-electron chi connectivity index (χ2n) is 6.55. The second-order valence-corrected chi connectivity index (χ2v) is 6.55. The highest BCUT2D eigenvalue weighted by atomic mass is 19.1. The molecule has 0 aliphatic heterocycles. The van der Waals surface area contributed by atoms with Gasteiger partial charge in [-0.25, -0.2) is 24.3 Å². The topological polar surface area (TPSA) is 101 Å². The van der Waals surface area contributed by atoms with Crippen molar-refractivity contribution in [3.05, 3.63) is 83.2 Å². The summed E-state index contributed by atoms with van der Waals surface area (Å²) in [7, 11) is 0. The van der Waals surface area contributed by atoms with Crippen LogP contribution in [0, 0.1) is 5.82 Å². The predicted octanol–water partition coefficient (Wildman–Crippen LogP) is 3.75. The molecule has 0 fully saturated rings. The Labute approximate surface area is 182 Å². The van der Waals surface area contributed by atoms with E-state index in [1.54, 1.807) is 18.2 Å². The molecule has 3 heterocycles. The Morgan fingerprint density at radius 3 is 2.94 bits per heavy atom. The van der Waals surface area contributed by atoms with Crippen LogP contribution in [0.15, 0.2) is 66.0 Å². The minimum atomic E-state index is -2.98. The molecule has 5 rings (SSSR count). The summed E-state index contributed by atoms with van der Waals surface area (Å²) in [5, 5.41) is 2.37. The lowest BCUT2D eigenvalue weighted by atomic mass is 10.1. The summed E-state index contributed by atoms with van der Waals surface area (Å²) < 4.78 is 57.4. The van der Waals surface area contributed by atoms with Crippen LogP contribution < -0.4 is 10.9 Å². The zero-order valence-corrected chi connectivity index (χ0v) is 15.9. The molecule has 31 heavy (non-hydrogen) atoms. The minimum Gasteiger partial charge on any atom is -0.358 e. The number of para-hydroxylation sites is 1. The molecule has 0 bridgehead atoms. The number of benzene rings is 2. The van der Waals surface area contributed by atoms with Crippen molar-refractivity contribution in [1.29, 1.82) is 0 Å². The molecular formula is C22H18FN7O. The van der Waals surface area contributed by atoms with Gasteiger partial charge >= 0.3 is 0 Å². The van der Waals surface area contributed by atoms with Crippen LogP contribution in [0.2, 0.25) is 0 Å². The number of halogens is 1. The van der Waals surface area contributed by atoms with E-state index in [4.69, 9.17) is 5.48 Å². The molecule has 0 spiro atoms. The Morgan fingerprint density at radius 1 is 1.23 bits per heavy atom. The van der Waals surface area contributed by atoms with Crippen LogP contribution in [-0.4, -0.2) is 29.5 Å². The van der Waals surface area contributed by atoms with Crippen molar-refractivity contribution < 1.29 is 11.2 Å². The Bertz CT molecular complexity index is 1640. The number of hydrogen-bond donors (Lipinski definition) is 2. The van der Waals surface area contributed by atoms with E-state index in [0.717, 1.165) is 17.0 Å². The van der Waals surface area contributed by atoms with Crippen LogP contribution in [0.5, 0.6) is 0 Å². The quantitative estimate of drug-likeness (QED) is 0.449. The average molecular weight is 420 g/mol. The van der Waals surface area contributed by atoms with Gasteiger partial charge < -0.3 is 10.3 Å². The molecule has 0 saturated heterocycles. The van der Waals surface area contributed by atoms with Crippen molar-refractivity contribution in [2.24, 2.45) is 0 Å². The molecule has 2 aromatic carbocycles. The van der Waals surface area contributed by atoms with E-state index < -0.39 is 36.5 Å². The number of hydrogen-bond acceptors (Lipinski definition) is 6. The van der Waals surface area contributed by atoms with Crippen LogP contribution >= 0.6 is 0 Å². The Hall–Kier alpha value is -4.14. The van der Waals surface area contributed by atoms with Crippen LogP contribution in [0.3, 0.4) is 0 Å². The Morgan fingerprint density at radius 2 is 2.10 bits per heavy atom. The van der Waals surface area contributed by atoms with Crippen molar-refractivity contribution in [3.8, 4) is 5.69 Å². The first-order valence-corrected chi connectivity index (χ1v) is 9.23. The molecule has 5 aromatic rings. The van der Waals surface area contributed by atoms with E-state index >= 15 is 0 Å². The monoisotopic (exact) mass is 420 g/mol. The van der Waals surface area contributed by atoms with Gasteiger partial charge in [0.15, 0.2) is 11.5 Å². The van der Waals surface area contributed by atoms with Crippen molar-refractivity contribution >= 4 is 27.9 Å². The molecule has 9 heteroatoms. The summed E-state index contributed by atoms with van der Waals surface area (Å²) in [6.07, 6.45) is 0.341. The standard InChI is InChI=1S/C22H18FN7O/c1-2-15(28-20-18-19(25-11-24-18)26-12-27-20)21-29-16-10-6-9-14(23)17(16)22(31)30(21)13-7-4-3-5-8-13/h3-12,15H,2H2,1H3,(H2,24,25,26,27,28)/t15-/m0/s1/i1D3,2D,15D/t2?,15-. The molecule has 0 aliphatic carbocycles. The maximum absolute atomic E-state index is 14.7. The molecule has 8 nitrogen and oxygen atoms in total. The number of nitrogens with one attached hydrogen (secondary N) is 2. The maximum Gasteiger partial charge on any atom is 0.269 e. The van der Waals surface area contributed by atoms with Crippen LogP contribution in [0.1, 0.15) is 31.9 Å². The van der Waals surface area contributed by atoms with Gasteiger partial charge in [-0.1, -0.05) is 31.1 Å². The molecule has 2 N–H and O–H groups in total. The lowest BCUT2D eigenvalue weighted by Gasteiger charge is -2.22. The smallest absolute Gasteiger partial charge is 0.269 e. The predicted molar refractivity (Wildman–Crippen MR) is 116 cm³/mol. The van der Waals surface area contributed by atoms with Gasteiger partial charge in [0.1, 0.15) is 28.9 Å². The lowest BCUT2D eigenvalue weighted by Crippen LogP contribution is -2.28. The van der Waals surface area contributed by atoms with Crippen LogP contribution in [0.4, 0.5) is 10.2 Å². The van der Waals surface area contributed by atoms with Crippen LogP contribution in [-0.2, 0) is 0 Å². The number of H-pyrrole nitrogens is 1. The van der Waals surface area contributed by atoms with Gasteiger partial charge in [-0.2, -0.15) is 0 Å². The first kappa shape index (κ1) is 14.0. The summed E-state index contributed by atoms with van der Waals surface area (Å²) in [6.45, 7) is -2.98. The van der Waals surface area contributed by atoms with Crippen molar-refractivity contribution in [1.82, 2.24) is 29.5 Å². The number of rotatable bonds is 5. The molecule has 0 amide bonds. The van der Waals surface area contributed by atoms with Crippen molar-refractivity contribution in [2.45, 2.75) is 19.3 Å². The van der Waals surface area contributed by atoms with Gasteiger partial charge in [-0.15, -0.1) is 0 Å². The summed E-state index contributed by atoms with van der Waals surface area (Å²) in [5.74, 6) is -1.28. The van der Waals surface area contributed by atoms with Gasteiger partial charge in [-0.05, 0) is 30.7 Å². The highest BCUT2D eigenvalue weighted by Gasteiger charge is 2.22. The summed E-state index contributed by atoms with van der Waals surface area (Å²) in [4.78, 5) is 33.0. The summed E-state index contributed by atoms with van der Waals surface area (Å²) >= 11 is 0. The highest BCUT2D eigenvalue weighted by molar-refractivity contribution is 5.82. The molecule has 0 radical (unpaired) electrons. The van der Waals surface area contributed by atoms with Crippen LogP contribution in [0.25, 0.3) is 27.8 Å². The fourth-order valence-corrected chi connectivity index (χ4v) is 3.33. The van der Waals surface area contributed by atoms with E-state index in [-0.39, 0.29) is 33.6 Å². The number of imidazole rings is 1. The maximum atomic E-state index is 14.7. The van der Waals surface area contributed by atoms with E-state index in [0.29, 0.717) is 0 Å². The number of anilines is 1. The number of fused-ring (bicyclic) bond motifs is 2. The normalized spacial score (nSPS) is 17.1. The Kier molecular flexibility index (Phi) is 3.42. The van der Waals surface area contributed by atoms with Gasteiger partial charge in [0.05, 0.1) is 24.9 Å². The van der Waals surface area contributed by atoms with E-state index in [1.807, 2.05) is 0 Å². The molecule has 2 atom stereocenters. The first-order chi connectivity index (χ1) is 17.1. The van der Waals surface area contributed by atoms with Gasteiger partial charge in [0.25, 0.3) is 5.56 Å². The number of nitrogens with zero attached hydrogens (tertiary/aromatic N) is 5. The van der Waals surface area contributed by atoms with E-state index in [2.05, 4.69) is 30.2 Å². The second kappa shape index (κ2) is 7.60. The minimum absolute atomic E-state index is 0.0257. The number of aromatic nitrogens is 6. The third-order valence-corrected chi connectivity index (χ3v) is 4.72. The largest absolute Gasteiger partial charge is 0.358 e. The molecule has 1 unspecified atom stereocenters.